The molecule has 2 heterocycles. The minimum absolute atomic E-state index is 0.187. The largest absolute Gasteiger partial charge is 0.433 e. The molecular weight excluding hydrogens is 247 g/mol. The van der Waals surface area contributed by atoms with Crippen molar-refractivity contribution < 1.29 is 13.2 Å². The second-order valence-corrected chi connectivity index (χ2v) is 3.67. The molecule has 0 amide bonds. The van der Waals surface area contributed by atoms with Gasteiger partial charge >= 0.3 is 6.18 Å². The van der Waals surface area contributed by atoms with Crippen molar-refractivity contribution in [2.45, 2.75) is 13.1 Å². The van der Waals surface area contributed by atoms with Crippen LogP contribution >= 0.6 is 0 Å². The fourth-order valence-corrected chi connectivity index (χ4v) is 1.31. The summed E-state index contributed by atoms with van der Waals surface area (Å²) in [5.74, 6) is 0.187. The highest BCUT2D eigenvalue weighted by Crippen LogP contribution is 2.28. The monoisotopic (exact) mass is 255 g/mol. The summed E-state index contributed by atoms with van der Waals surface area (Å²) >= 11 is 0. The molecule has 0 saturated carbocycles. The number of pyridine rings is 1. The Hall–Kier alpha value is -2.18. The molecule has 0 aliphatic carbocycles. The van der Waals surface area contributed by atoms with Crippen molar-refractivity contribution in [2.24, 2.45) is 0 Å². The van der Waals surface area contributed by atoms with Gasteiger partial charge in [-0.25, -0.2) is 4.98 Å². The van der Waals surface area contributed by atoms with Crippen LogP contribution < -0.4 is 5.56 Å². The van der Waals surface area contributed by atoms with E-state index in [4.69, 9.17) is 0 Å². The first-order valence-electron chi connectivity index (χ1n) is 4.97. The highest BCUT2D eigenvalue weighted by Gasteiger charge is 2.32. The van der Waals surface area contributed by atoms with Gasteiger partial charge in [0.25, 0.3) is 5.56 Å². The molecule has 2 rings (SSSR count). The quantitative estimate of drug-likeness (QED) is 0.849. The molecule has 0 aliphatic rings. The molecule has 4 nitrogen and oxygen atoms in total. The number of nitrogens with zero attached hydrogens (tertiary/aromatic N) is 2. The Kier molecular flexibility index (Phi) is 2.90. The van der Waals surface area contributed by atoms with Crippen LogP contribution in [-0.4, -0.2) is 15.0 Å². The standard InChI is InChI=1S/C11H8F3N3O/c1-6-4-16-9(17-10(6)18)7-2-3-8(15-5-7)11(12,13)14/h2-5H,1H3,(H,16,17,18). The molecule has 0 unspecified atom stereocenters. The average Bonchev–Trinajstić information content (AvgIpc) is 2.32. The van der Waals surface area contributed by atoms with Crippen LogP contribution in [0.25, 0.3) is 11.4 Å². The summed E-state index contributed by atoms with van der Waals surface area (Å²) in [6, 6.07) is 2.05. The van der Waals surface area contributed by atoms with Crippen molar-refractivity contribution in [2.75, 3.05) is 0 Å². The number of aromatic amines is 1. The van der Waals surface area contributed by atoms with E-state index < -0.39 is 11.9 Å². The Bertz CT molecular complexity index is 617. The molecule has 0 atom stereocenters. The van der Waals surface area contributed by atoms with Gasteiger partial charge in [-0.2, -0.15) is 13.2 Å². The molecule has 0 aliphatic heterocycles. The second kappa shape index (κ2) is 4.25. The van der Waals surface area contributed by atoms with Gasteiger partial charge in [0.1, 0.15) is 11.5 Å². The fourth-order valence-electron chi connectivity index (χ4n) is 1.31. The third kappa shape index (κ3) is 2.39. The second-order valence-electron chi connectivity index (χ2n) is 3.67. The molecule has 7 heteroatoms. The van der Waals surface area contributed by atoms with Gasteiger partial charge in [0.15, 0.2) is 0 Å². The molecule has 2 aromatic heterocycles. The van der Waals surface area contributed by atoms with E-state index in [0.717, 1.165) is 12.3 Å². The predicted molar refractivity (Wildman–Crippen MR) is 57.8 cm³/mol. The third-order valence-electron chi connectivity index (χ3n) is 2.30. The van der Waals surface area contributed by atoms with Crippen LogP contribution in [-0.2, 0) is 6.18 Å². The number of H-pyrrole nitrogens is 1. The summed E-state index contributed by atoms with van der Waals surface area (Å²) in [6.07, 6.45) is -2.10. The summed E-state index contributed by atoms with van der Waals surface area (Å²) < 4.78 is 36.9. The molecule has 94 valence electrons. The molecule has 0 saturated heterocycles. The van der Waals surface area contributed by atoms with Crippen molar-refractivity contribution >= 4 is 0 Å². The lowest BCUT2D eigenvalue weighted by Gasteiger charge is -2.06. The van der Waals surface area contributed by atoms with E-state index >= 15 is 0 Å². The Labute approximate surface area is 99.5 Å². The smallest absolute Gasteiger partial charge is 0.306 e. The summed E-state index contributed by atoms with van der Waals surface area (Å²) in [5, 5.41) is 0. The van der Waals surface area contributed by atoms with Crippen LogP contribution in [0.2, 0.25) is 0 Å². The minimum Gasteiger partial charge on any atom is -0.306 e. The van der Waals surface area contributed by atoms with E-state index in [1.54, 1.807) is 6.92 Å². The van der Waals surface area contributed by atoms with E-state index in [1.165, 1.54) is 12.3 Å². The highest BCUT2D eigenvalue weighted by atomic mass is 19.4. The number of hydrogen-bond acceptors (Lipinski definition) is 3. The molecule has 18 heavy (non-hydrogen) atoms. The van der Waals surface area contributed by atoms with Crippen LogP contribution in [0.4, 0.5) is 13.2 Å². The number of halogens is 3. The van der Waals surface area contributed by atoms with Crippen LogP contribution in [0.5, 0.6) is 0 Å². The van der Waals surface area contributed by atoms with E-state index in [2.05, 4.69) is 15.0 Å². The van der Waals surface area contributed by atoms with Gasteiger partial charge in [-0.05, 0) is 19.1 Å². The van der Waals surface area contributed by atoms with Crippen LogP contribution in [0, 0.1) is 6.92 Å². The maximum absolute atomic E-state index is 12.3. The number of hydrogen-bond donors (Lipinski definition) is 1. The first kappa shape index (κ1) is 12.3. The van der Waals surface area contributed by atoms with Gasteiger partial charge in [-0.1, -0.05) is 0 Å². The Morgan fingerprint density at radius 3 is 2.39 bits per heavy atom. The van der Waals surface area contributed by atoms with E-state index in [-0.39, 0.29) is 11.4 Å². The van der Waals surface area contributed by atoms with Crippen molar-refractivity contribution in [1.29, 1.82) is 0 Å². The van der Waals surface area contributed by atoms with Crippen molar-refractivity contribution in [3.63, 3.8) is 0 Å². The zero-order chi connectivity index (χ0) is 13.3. The zero-order valence-electron chi connectivity index (χ0n) is 9.25. The number of aryl methyl sites for hydroxylation is 1. The Morgan fingerprint density at radius 1 is 1.17 bits per heavy atom. The maximum atomic E-state index is 12.3. The lowest BCUT2D eigenvalue weighted by atomic mass is 10.2. The first-order chi connectivity index (χ1) is 8.38. The molecule has 2 aromatic rings. The summed E-state index contributed by atoms with van der Waals surface area (Å²) in [5.41, 5.74) is -0.570. The normalized spacial score (nSPS) is 11.6. The summed E-state index contributed by atoms with van der Waals surface area (Å²) in [6.45, 7) is 1.58. The van der Waals surface area contributed by atoms with Gasteiger partial charge in [-0.15, -0.1) is 0 Å². The van der Waals surface area contributed by atoms with Crippen LogP contribution in [0.1, 0.15) is 11.3 Å². The van der Waals surface area contributed by atoms with Crippen molar-refractivity contribution in [3.8, 4) is 11.4 Å². The molecular formula is C11H8F3N3O. The van der Waals surface area contributed by atoms with Crippen molar-refractivity contribution in [3.05, 3.63) is 46.1 Å². The minimum atomic E-state index is -4.48. The molecule has 0 spiro atoms. The number of alkyl halides is 3. The van der Waals surface area contributed by atoms with Gasteiger partial charge < -0.3 is 4.98 Å². The summed E-state index contributed by atoms with van der Waals surface area (Å²) in [4.78, 5) is 21.0. The third-order valence-corrected chi connectivity index (χ3v) is 2.30. The lowest BCUT2D eigenvalue weighted by molar-refractivity contribution is -0.141. The molecule has 1 N–H and O–H groups in total. The van der Waals surface area contributed by atoms with Gasteiger partial charge in [0.2, 0.25) is 0 Å². The molecule has 0 bridgehead atoms. The van der Waals surface area contributed by atoms with Gasteiger partial charge in [0, 0.05) is 23.5 Å². The molecule has 0 fully saturated rings. The summed E-state index contributed by atoms with van der Waals surface area (Å²) in [7, 11) is 0. The maximum Gasteiger partial charge on any atom is 0.433 e. The van der Waals surface area contributed by atoms with E-state index in [1.807, 2.05) is 0 Å². The fraction of sp³-hybridized carbons (Fsp3) is 0.182. The average molecular weight is 255 g/mol. The van der Waals surface area contributed by atoms with Crippen LogP contribution in [0.15, 0.2) is 29.3 Å². The van der Waals surface area contributed by atoms with Gasteiger partial charge in [-0.3, -0.25) is 9.78 Å². The zero-order valence-corrected chi connectivity index (χ0v) is 9.25. The SMILES string of the molecule is Cc1cnc(-c2ccc(C(F)(F)F)nc2)[nH]c1=O. The van der Waals surface area contributed by atoms with Gasteiger partial charge in [0.05, 0.1) is 0 Å². The Balaban J connectivity index is 2.40. The topological polar surface area (TPSA) is 58.6 Å². The number of aromatic nitrogens is 3. The van der Waals surface area contributed by atoms with E-state index in [0.29, 0.717) is 11.1 Å². The lowest BCUT2D eigenvalue weighted by Crippen LogP contribution is -2.12. The van der Waals surface area contributed by atoms with Crippen LogP contribution in [0.3, 0.4) is 0 Å². The number of rotatable bonds is 1. The number of nitrogens with one attached hydrogen (secondary N) is 1. The van der Waals surface area contributed by atoms with Crippen molar-refractivity contribution in [1.82, 2.24) is 15.0 Å². The Morgan fingerprint density at radius 2 is 1.89 bits per heavy atom. The molecule has 0 aromatic carbocycles. The predicted octanol–water partition coefficient (Wildman–Crippen LogP) is 2.16. The van der Waals surface area contributed by atoms with E-state index in [9.17, 15) is 18.0 Å². The first-order valence-corrected chi connectivity index (χ1v) is 4.97. The molecule has 0 radical (unpaired) electrons. The highest BCUT2D eigenvalue weighted by molar-refractivity contribution is 5.53.